The quantitative estimate of drug-likeness (QED) is 0.847. The number of hydrogen-bond acceptors (Lipinski definition) is 3. The molecule has 0 aliphatic heterocycles. The van der Waals surface area contributed by atoms with Crippen molar-refractivity contribution in [3.05, 3.63) is 16.1 Å². The maximum atomic E-state index is 4.47. The van der Waals surface area contributed by atoms with Crippen LogP contribution in [0.15, 0.2) is 6.20 Å². The Balaban J connectivity index is 1.67. The highest BCUT2D eigenvalue weighted by atomic mass is 32.1. The van der Waals surface area contributed by atoms with E-state index in [0.29, 0.717) is 6.04 Å². The fourth-order valence-corrected chi connectivity index (χ4v) is 3.70. The van der Waals surface area contributed by atoms with Crippen molar-refractivity contribution in [2.75, 3.05) is 6.54 Å². The second-order valence-corrected chi connectivity index (χ2v) is 6.66. The second-order valence-electron chi connectivity index (χ2n) is 5.46. The fourth-order valence-electron chi connectivity index (χ4n) is 2.83. The normalized spacial score (nSPS) is 19.0. The van der Waals surface area contributed by atoms with Crippen LogP contribution in [0.5, 0.6) is 0 Å². The summed E-state index contributed by atoms with van der Waals surface area (Å²) in [5.74, 6) is 0.904. The van der Waals surface area contributed by atoms with Gasteiger partial charge in [0.1, 0.15) is 0 Å². The van der Waals surface area contributed by atoms with Gasteiger partial charge in [-0.15, -0.1) is 11.3 Å². The Kier molecular flexibility index (Phi) is 5.64. The van der Waals surface area contributed by atoms with Gasteiger partial charge in [-0.25, -0.2) is 4.98 Å². The van der Waals surface area contributed by atoms with Crippen LogP contribution in [-0.2, 0) is 12.8 Å². The summed E-state index contributed by atoms with van der Waals surface area (Å²) in [7, 11) is 0. The van der Waals surface area contributed by atoms with Crippen LogP contribution in [0.25, 0.3) is 0 Å². The molecule has 1 saturated carbocycles. The number of aromatic nitrogens is 1. The lowest BCUT2D eigenvalue weighted by atomic mass is 9.84. The molecule has 1 aromatic heterocycles. The van der Waals surface area contributed by atoms with Crippen molar-refractivity contribution in [1.82, 2.24) is 10.3 Å². The predicted octanol–water partition coefficient (Wildman–Crippen LogP) is 3.81. The average Bonchev–Trinajstić information content (AvgIpc) is 2.87. The van der Waals surface area contributed by atoms with Crippen molar-refractivity contribution in [3.63, 3.8) is 0 Å². The first-order valence-electron chi connectivity index (χ1n) is 7.46. The molecule has 0 saturated heterocycles. The van der Waals surface area contributed by atoms with Gasteiger partial charge in [-0.2, -0.15) is 0 Å². The van der Waals surface area contributed by atoms with Crippen LogP contribution in [0.1, 0.15) is 55.8 Å². The van der Waals surface area contributed by atoms with E-state index in [9.17, 15) is 0 Å². The van der Waals surface area contributed by atoms with Gasteiger partial charge in [0.2, 0.25) is 0 Å². The first kappa shape index (κ1) is 14.0. The molecule has 1 aliphatic rings. The van der Waals surface area contributed by atoms with Gasteiger partial charge in [-0.05, 0) is 32.1 Å². The highest BCUT2D eigenvalue weighted by Crippen LogP contribution is 2.26. The molecule has 1 atom stereocenters. The molecular formula is C15H26N2S. The molecule has 0 aromatic carbocycles. The van der Waals surface area contributed by atoms with Crippen LogP contribution in [0.3, 0.4) is 0 Å². The molecule has 0 amide bonds. The molecule has 18 heavy (non-hydrogen) atoms. The third-order valence-electron chi connectivity index (χ3n) is 4.11. The number of nitrogens with zero attached hydrogens (tertiary/aromatic N) is 1. The van der Waals surface area contributed by atoms with E-state index in [1.54, 1.807) is 0 Å². The lowest BCUT2D eigenvalue weighted by Crippen LogP contribution is -2.35. The van der Waals surface area contributed by atoms with Crippen LogP contribution in [0.2, 0.25) is 0 Å². The number of nitrogens with one attached hydrogen (secondary N) is 1. The summed E-state index contributed by atoms with van der Waals surface area (Å²) < 4.78 is 0. The summed E-state index contributed by atoms with van der Waals surface area (Å²) in [5, 5.41) is 4.98. The molecule has 2 rings (SSSR count). The third-order valence-corrected chi connectivity index (χ3v) is 5.31. The van der Waals surface area contributed by atoms with Crippen LogP contribution >= 0.6 is 11.3 Å². The number of aryl methyl sites for hydroxylation is 1. The van der Waals surface area contributed by atoms with Crippen LogP contribution < -0.4 is 5.32 Å². The van der Waals surface area contributed by atoms with Crippen LogP contribution in [0, 0.1) is 5.92 Å². The van der Waals surface area contributed by atoms with E-state index in [4.69, 9.17) is 0 Å². The topological polar surface area (TPSA) is 24.9 Å². The summed E-state index contributed by atoms with van der Waals surface area (Å²) in [6.07, 6.45) is 11.4. The molecule has 1 heterocycles. The first-order valence-corrected chi connectivity index (χ1v) is 8.28. The standard InChI is InChI=1S/C15H26N2S/c1-3-14-11-17-15(18-14)9-10-16-12(2)13-7-5-4-6-8-13/h11-13,16H,3-10H2,1-2H3. The van der Waals surface area contributed by atoms with E-state index in [2.05, 4.69) is 24.1 Å². The zero-order chi connectivity index (χ0) is 12.8. The van der Waals surface area contributed by atoms with E-state index in [1.807, 2.05) is 17.5 Å². The summed E-state index contributed by atoms with van der Waals surface area (Å²) in [6, 6.07) is 0.677. The molecule has 1 N–H and O–H groups in total. The van der Waals surface area contributed by atoms with Crippen molar-refractivity contribution in [2.45, 2.75) is 64.8 Å². The second kappa shape index (κ2) is 7.25. The predicted molar refractivity (Wildman–Crippen MR) is 79.2 cm³/mol. The minimum atomic E-state index is 0.677. The van der Waals surface area contributed by atoms with E-state index in [0.717, 1.165) is 25.3 Å². The Morgan fingerprint density at radius 3 is 2.83 bits per heavy atom. The Labute approximate surface area is 115 Å². The molecule has 0 spiro atoms. The minimum absolute atomic E-state index is 0.677. The fraction of sp³-hybridized carbons (Fsp3) is 0.800. The summed E-state index contributed by atoms with van der Waals surface area (Å²) >= 11 is 1.87. The minimum Gasteiger partial charge on any atom is -0.314 e. The van der Waals surface area contributed by atoms with Gasteiger partial charge in [-0.3, -0.25) is 0 Å². The van der Waals surface area contributed by atoms with Crippen molar-refractivity contribution in [2.24, 2.45) is 5.92 Å². The summed E-state index contributed by atoms with van der Waals surface area (Å²) in [4.78, 5) is 5.88. The molecule has 1 aromatic rings. The Bertz CT molecular complexity index is 342. The van der Waals surface area contributed by atoms with Crippen LogP contribution in [-0.4, -0.2) is 17.6 Å². The molecule has 2 nitrogen and oxygen atoms in total. The molecule has 1 aliphatic carbocycles. The lowest BCUT2D eigenvalue weighted by Gasteiger charge is -2.28. The largest absolute Gasteiger partial charge is 0.314 e. The van der Waals surface area contributed by atoms with Crippen molar-refractivity contribution < 1.29 is 0 Å². The van der Waals surface area contributed by atoms with Gasteiger partial charge < -0.3 is 5.32 Å². The van der Waals surface area contributed by atoms with E-state index < -0.39 is 0 Å². The summed E-state index contributed by atoms with van der Waals surface area (Å²) in [6.45, 7) is 5.63. The average molecular weight is 266 g/mol. The van der Waals surface area contributed by atoms with Crippen molar-refractivity contribution in [3.8, 4) is 0 Å². The van der Waals surface area contributed by atoms with E-state index in [-0.39, 0.29) is 0 Å². The maximum absolute atomic E-state index is 4.47. The molecular weight excluding hydrogens is 240 g/mol. The van der Waals surface area contributed by atoms with Crippen molar-refractivity contribution >= 4 is 11.3 Å². The monoisotopic (exact) mass is 266 g/mol. The maximum Gasteiger partial charge on any atom is 0.0940 e. The van der Waals surface area contributed by atoms with Gasteiger partial charge in [0.25, 0.3) is 0 Å². The van der Waals surface area contributed by atoms with E-state index in [1.165, 1.54) is 42.0 Å². The van der Waals surface area contributed by atoms with Gasteiger partial charge in [0, 0.05) is 30.1 Å². The Morgan fingerprint density at radius 2 is 2.17 bits per heavy atom. The Morgan fingerprint density at radius 1 is 1.39 bits per heavy atom. The van der Waals surface area contributed by atoms with Gasteiger partial charge in [0.15, 0.2) is 0 Å². The highest BCUT2D eigenvalue weighted by Gasteiger charge is 2.19. The lowest BCUT2D eigenvalue weighted by molar-refractivity contribution is 0.283. The van der Waals surface area contributed by atoms with Crippen molar-refractivity contribution in [1.29, 1.82) is 0 Å². The van der Waals surface area contributed by atoms with Gasteiger partial charge in [-0.1, -0.05) is 26.2 Å². The smallest absolute Gasteiger partial charge is 0.0940 e. The molecule has 102 valence electrons. The van der Waals surface area contributed by atoms with Crippen LogP contribution in [0.4, 0.5) is 0 Å². The van der Waals surface area contributed by atoms with Gasteiger partial charge >= 0.3 is 0 Å². The first-order chi connectivity index (χ1) is 8.79. The zero-order valence-corrected chi connectivity index (χ0v) is 12.6. The Hall–Kier alpha value is -0.410. The summed E-state index contributed by atoms with van der Waals surface area (Å²) in [5.41, 5.74) is 0. The zero-order valence-electron chi connectivity index (χ0n) is 11.7. The van der Waals surface area contributed by atoms with E-state index >= 15 is 0 Å². The third kappa shape index (κ3) is 4.06. The molecule has 1 fully saturated rings. The molecule has 0 radical (unpaired) electrons. The molecule has 0 bridgehead atoms. The molecule has 3 heteroatoms. The number of thiazole rings is 1. The number of hydrogen-bond donors (Lipinski definition) is 1. The number of rotatable bonds is 6. The molecule has 1 unspecified atom stereocenters. The van der Waals surface area contributed by atoms with Gasteiger partial charge in [0.05, 0.1) is 5.01 Å². The SMILES string of the molecule is CCc1cnc(CCNC(C)C2CCCCC2)s1. The highest BCUT2D eigenvalue weighted by molar-refractivity contribution is 7.11.